The molecule has 2 N–H and O–H groups in total. The van der Waals surface area contributed by atoms with Crippen LogP contribution in [0.15, 0.2) is 48.8 Å². The molecular weight excluding hydrogens is 298 g/mol. The van der Waals surface area contributed by atoms with Crippen molar-refractivity contribution in [2.45, 2.75) is 13.3 Å². The molecule has 0 saturated heterocycles. The van der Waals surface area contributed by atoms with Crippen LogP contribution in [-0.4, -0.2) is 22.6 Å². The van der Waals surface area contributed by atoms with Crippen molar-refractivity contribution in [3.63, 3.8) is 0 Å². The number of aromatic nitrogens is 1. The number of rotatable bonds is 5. The first-order valence-corrected chi connectivity index (χ1v) is 7.35. The van der Waals surface area contributed by atoms with Crippen LogP contribution in [0.3, 0.4) is 0 Å². The number of hydrogen-bond acceptors (Lipinski definition) is 4. The Balaban J connectivity index is 1.95. The van der Waals surface area contributed by atoms with Gasteiger partial charge in [-0.25, -0.2) is 0 Å². The molecule has 0 aliphatic rings. The fourth-order valence-corrected chi connectivity index (χ4v) is 1.93. The largest absolute Gasteiger partial charge is 0.494 e. The Morgan fingerprint density at radius 3 is 2.91 bits per heavy atom. The highest BCUT2D eigenvalue weighted by Crippen LogP contribution is 2.13. The average molecular weight is 315 g/mol. The van der Waals surface area contributed by atoms with E-state index in [1.807, 2.05) is 19.1 Å². The average Bonchev–Trinajstić information content (AvgIpc) is 2.54. The minimum atomic E-state index is -0.289. The van der Waals surface area contributed by atoms with Crippen LogP contribution in [0.4, 0.5) is 5.69 Å². The molecule has 1 aromatic heterocycles. The van der Waals surface area contributed by atoms with Crippen molar-refractivity contribution in [3.05, 3.63) is 54.4 Å². The fourth-order valence-electron chi connectivity index (χ4n) is 1.72. The van der Waals surface area contributed by atoms with Gasteiger partial charge in [0.25, 0.3) is 5.91 Å². The van der Waals surface area contributed by atoms with E-state index in [2.05, 4.69) is 15.6 Å². The van der Waals surface area contributed by atoms with Gasteiger partial charge in [0.1, 0.15) is 5.75 Å². The Kier molecular flexibility index (Phi) is 5.85. The highest BCUT2D eigenvalue weighted by Gasteiger charge is 2.09. The normalized spacial score (nSPS) is 9.86. The maximum absolute atomic E-state index is 12.2. The van der Waals surface area contributed by atoms with Crippen LogP contribution in [0.25, 0.3) is 0 Å². The number of amides is 1. The van der Waals surface area contributed by atoms with Crippen LogP contribution in [0.1, 0.15) is 23.7 Å². The van der Waals surface area contributed by atoms with Crippen LogP contribution < -0.4 is 15.4 Å². The first-order chi connectivity index (χ1) is 10.7. The van der Waals surface area contributed by atoms with Crippen molar-refractivity contribution < 1.29 is 9.53 Å². The molecule has 0 aliphatic carbocycles. The molecule has 1 heterocycles. The summed E-state index contributed by atoms with van der Waals surface area (Å²) in [5, 5.41) is 5.74. The second kappa shape index (κ2) is 8.09. The predicted octanol–water partition coefficient (Wildman–Crippen LogP) is 3.00. The summed E-state index contributed by atoms with van der Waals surface area (Å²) in [7, 11) is 0. The number of nitrogens with zero attached hydrogens (tertiary/aromatic N) is 1. The van der Waals surface area contributed by atoms with E-state index in [0.717, 1.165) is 6.42 Å². The summed E-state index contributed by atoms with van der Waals surface area (Å²) >= 11 is 5.11. The summed E-state index contributed by atoms with van der Waals surface area (Å²) in [6, 6.07) is 10.6. The number of thiocarbonyl (C=S) groups is 1. The zero-order valence-electron chi connectivity index (χ0n) is 12.2. The molecule has 114 valence electrons. The summed E-state index contributed by atoms with van der Waals surface area (Å²) < 4.78 is 5.51. The van der Waals surface area contributed by atoms with Gasteiger partial charge in [0.2, 0.25) is 0 Å². The van der Waals surface area contributed by atoms with Crippen LogP contribution in [0.2, 0.25) is 0 Å². The summed E-state index contributed by atoms with van der Waals surface area (Å²) in [6.45, 7) is 2.64. The van der Waals surface area contributed by atoms with Crippen molar-refractivity contribution >= 4 is 28.9 Å². The monoisotopic (exact) mass is 315 g/mol. The third-order valence-corrected chi connectivity index (χ3v) is 2.92. The summed E-state index contributed by atoms with van der Waals surface area (Å²) in [6.07, 6.45) is 4.20. The van der Waals surface area contributed by atoms with Crippen LogP contribution in [0.5, 0.6) is 5.75 Å². The van der Waals surface area contributed by atoms with Crippen LogP contribution in [-0.2, 0) is 0 Å². The molecule has 5 nitrogen and oxygen atoms in total. The summed E-state index contributed by atoms with van der Waals surface area (Å²) in [4.78, 5) is 16.1. The molecule has 0 aliphatic heterocycles. The molecule has 6 heteroatoms. The van der Waals surface area contributed by atoms with E-state index >= 15 is 0 Å². The van der Waals surface area contributed by atoms with Gasteiger partial charge in [-0.2, -0.15) is 0 Å². The van der Waals surface area contributed by atoms with Crippen molar-refractivity contribution in [2.24, 2.45) is 0 Å². The van der Waals surface area contributed by atoms with Gasteiger partial charge in [-0.3, -0.25) is 15.1 Å². The fraction of sp³-hybridized carbons (Fsp3) is 0.188. The lowest BCUT2D eigenvalue weighted by Gasteiger charge is -2.10. The second-order valence-electron chi connectivity index (χ2n) is 4.53. The molecule has 0 spiro atoms. The Morgan fingerprint density at radius 1 is 1.32 bits per heavy atom. The SMILES string of the molecule is CCCOc1cccc(C(=O)NC(=S)Nc2cccnc2)c1. The Labute approximate surface area is 134 Å². The Bertz CT molecular complexity index is 647. The molecule has 2 aromatic rings. The standard InChI is InChI=1S/C16H17N3O2S/c1-2-9-21-14-7-3-5-12(10-14)15(20)19-16(22)18-13-6-4-8-17-11-13/h3-8,10-11H,2,9H2,1H3,(H2,18,19,20,22). The van der Waals surface area contributed by atoms with Crippen LogP contribution in [0, 0.1) is 0 Å². The van der Waals surface area contributed by atoms with E-state index in [1.54, 1.807) is 36.7 Å². The van der Waals surface area contributed by atoms with E-state index in [9.17, 15) is 4.79 Å². The second-order valence-corrected chi connectivity index (χ2v) is 4.93. The topological polar surface area (TPSA) is 63.2 Å². The quantitative estimate of drug-likeness (QED) is 0.831. The molecule has 1 amide bonds. The number of pyridine rings is 1. The minimum absolute atomic E-state index is 0.220. The van der Waals surface area contributed by atoms with E-state index in [0.29, 0.717) is 23.6 Å². The van der Waals surface area contributed by atoms with Crippen molar-refractivity contribution in [1.29, 1.82) is 0 Å². The van der Waals surface area contributed by atoms with Crippen LogP contribution >= 0.6 is 12.2 Å². The molecule has 1 aromatic carbocycles. The molecule has 0 unspecified atom stereocenters. The number of carbonyl (C=O) groups excluding carboxylic acids is 1. The first-order valence-electron chi connectivity index (χ1n) is 6.94. The molecular formula is C16H17N3O2S. The summed E-state index contributed by atoms with van der Waals surface area (Å²) in [5.74, 6) is 0.379. The Morgan fingerprint density at radius 2 is 2.18 bits per heavy atom. The maximum atomic E-state index is 12.2. The van der Waals surface area contributed by atoms with Crippen molar-refractivity contribution in [3.8, 4) is 5.75 Å². The number of nitrogens with one attached hydrogen (secondary N) is 2. The summed E-state index contributed by atoms with van der Waals surface area (Å²) in [5.41, 5.74) is 1.21. The third-order valence-electron chi connectivity index (χ3n) is 2.72. The van der Waals surface area contributed by atoms with Gasteiger partial charge in [0.15, 0.2) is 5.11 Å². The number of carbonyl (C=O) groups is 1. The molecule has 0 radical (unpaired) electrons. The first kappa shape index (κ1) is 15.9. The van der Waals surface area contributed by atoms with Gasteiger partial charge in [0.05, 0.1) is 18.5 Å². The van der Waals surface area contributed by atoms with Gasteiger partial charge in [-0.1, -0.05) is 13.0 Å². The Hall–Kier alpha value is -2.47. The van der Waals surface area contributed by atoms with Gasteiger partial charge >= 0.3 is 0 Å². The minimum Gasteiger partial charge on any atom is -0.494 e. The maximum Gasteiger partial charge on any atom is 0.257 e. The lowest BCUT2D eigenvalue weighted by atomic mass is 10.2. The lowest BCUT2D eigenvalue weighted by molar-refractivity contribution is 0.0977. The number of benzene rings is 1. The van der Waals surface area contributed by atoms with E-state index in [4.69, 9.17) is 17.0 Å². The lowest BCUT2D eigenvalue weighted by Crippen LogP contribution is -2.34. The zero-order chi connectivity index (χ0) is 15.8. The number of anilines is 1. The van der Waals surface area contributed by atoms with Crippen molar-refractivity contribution in [2.75, 3.05) is 11.9 Å². The number of ether oxygens (including phenoxy) is 1. The highest BCUT2D eigenvalue weighted by atomic mass is 32.1. The smallest absolute Gasteiger partial charge is 0.257 e. The van der Waals surface area contributed by atoms with Gasteiger partial charge in [-0.15, -0.1) is 0 Å². The zero-order valence-corrected chi connectivity index (χ0v) is 13.0. The van der Waals surface area contributed by atoms with Crippen molar-refractivity contribution in [1.82, 2.24) is 10.3 Å². The third kappa shape index (κ3) is 4.82. The van der Waals surface area contributed by atoms with Gasteiger partial charge in [0, 0.05) is 11.8 Å². The van der Waals surface area contributed by atoms with Gasteiger partial charge < -0.3 is 10.1 Å². The van der Waals surface area contributed by atoms with Gasteiger partial charge in [-0.05, 0) is 49.0 Å². The molecule has 0 saturated carbocycles. The number of hydrogen-bond donors (Lipinski definition) is 2. The van der Waals surface area contributed by atoms with E-state index in [1.165, 1.54) is 0 Å². The highest BCUT2D eigenvalue weighted by molar-refractivity contribution is 7.80. The van der Waals surface area contributed by atoms with E-state index in [-0.39, 0.29) is 11.0 Å². The molecule has 0 atom stereocenters. The molecule has 2 rings (SSSR count). The molecule has 0 fully saturated rings. The molecule has 0 bridgehead atoms. The molecule has 22 heavy (non-hydrogen) atoms. The predicted molar refractivity (Wildman–Crippen MR) is 90.2 cm³/mol. The van der Waals surface area contributed by atoms with E-state index < -0.39 is 0 Å².